The summed E-state index contributed by atoms with van der Waals surface area (Å²) in [7, 11) is 0. The highest BCUT2D eigenvalue weighted by Gasteiger charge is 2.09. The first kappa shape index (κ1) is 14.5. The monoisotopic (exact) mass is 385 g/mol. The summed E-state index contributed by atoms with van der Waals surface area (Å²) in [6.07, 6.45) is 3.60. The van der Waals surface area contributed by atoms with Crippen molar-refractivity contribution in [1.29, 1.82) is 0 Å². The minimum Gasteiger partial charge on any atom is -0.486 e. The second kappa shape index (κ2) is 6.50. The normalized spacial score (nSPS) is 10.5. The number of hydrogen-bond acceptors (Lipinski definition) is 3. The summed E-state index contributed by atoms with van der Waals surface area (Å²) in [5.74, 6) is 0.721. The molecule has 0 atom stereocenters. The molecule has 0 fully saturated rings. The minimum atomic E-state index is -0.000714. The third-order valence-electron chi connectivity index (χ3n) is 2.56. The van der Waals surface area contributed by atoms with Gasteiger partial charge in [0.1, 0.15) is 12.4 Å². The van der Waals surface area contributed by atoms with Crippen LogP contribution in [0.25, 0.3) is 0 Å². The lowest BCUT2D eigenvalue weighted by atomic mass is 10.2. The highest BCUT2D eigenvalue weighted by molar-refractivity contribution is 9.11. The Morgan fingerprint density at radius 3 is 2.37 bits per heavy atom. The molecule has 1 aromatic carbocycles. The van der Waals surface area contributed by atoms with E-state index in [-0.39, 0.29) is 6.61 Å². The van der Waals surface area contributed by atoms with Gasteiger partial charge in [0, 0.05) is 18.0 Å². The molecule has 19 heavy (non-hydrogen) atoms. The number of benzene rings is 1. The quantitative estimate of drug-likeness (QED) is 0.863. The number of aliphatic hydroxyl groups is 1. The molecule has 0 radical (unpaired) electrons. The van der Waals surface area contributed by atoms with Crippen molar-refractivity contribution < 1.29 is 9.84 Å². The molecule has 0 bridgehead atoms. The number of aryl methyl sites for hydroxylation is 1. The van der Waals surface area contributed by atoms with Crippen molar-refractivity contribution >= 4 is 31.9 Å². The summed E-state index contributed by atoms with van der Waals surface area (Å²) in [6, 6.07) is 5.72. The summed E-state index contributed by atoms with van der Waals surface area (Å²) in [6.45, 7) is 2.45. The number of pyridine rings is 1. The summed E-state index contributed by atoms with van der Waals surface area (Å²) in [5, 5.41) is 9.13. The summed E-state index contributed by atoms with van der Waals surface area (Å²) in [5.41, 5.74) is 2.95. The Balaban J connectivity index is 2.16. The van der Waals surface area contributed by atoms with Gasteiger partial charge >= 0.3 is 0 Å². The first-order valence-electron chi connectivity index (χ1n) is 5.72. The molecule has 0 amide bonds. The maximum Gasteiger partial charge on any atom is 0.148 e. The smallest absolute Gasteiger partial charge is 0.148 e. The molecule has 0 aliphatic heterocycles. The van der Waals surface area contributed by atoms with Gasteiger partial charge in [0.2, 0.25) is 0 Å². The van der Waals surface area contributed by atoms with Crippen LogP contribution in [-0.4, -0.2) is 10.1 Å². The maximum atomic E-state index is 9.13. The van der Waals surface area contributed by atoms with Gasteiger partial charge in [-0.2, -0.15) is 0 Å². The number of rotatable bonds is 4. The number of aliphatic hydroxyl groups excluding tert-OH is 1. The third kappa shape index (κ3) is 3.78. The SMILES string of the molecule is Cc1cncc(COc2c(Br)cc(CO)cc2Br)c1. The van der Waals surface area contributed by atoms with Gasteiger partial charge in [0.15, 0.2) is 0 Å². The Bertz CT molecular complexity index is 564. The number of ether oxygens (including phenoxy) is 1. The molecule has 1 heterocycles. The number of hydrogen-bond donors (Lipinski definition) is 1. The summed E-state index contributed by atoms with van der Waals surface area (Å²) in [4.78, 5) is 4.13. The first-order chi connectivity index (χ1) is 9.10. The molecule has 0 aliphatic rings. The molecular weight excluding hydrogens is 374 g/mol. The van der Waals surface area contributed by atoms with Crippen molar-refractivity contribution in [2.45, 2.75) is 20.1 Å². The van der Waals surface area contributed by atoms with Gasteiger partial charge in [-0.1, -0.05) is 0 Å². The third-order valence-corrected chi connectivity index (χ3v) is 3.73. The second-order valence-electron chi connectivity index (χ2n) is 4.21. The maximum absolute atomic E-state index is 9.13. The van der Waals surface area contributed by atoms with E-state index in [9.17, 15) is 0 Å². The van der Waals surface area contributed by atoms with E-state index in [1.54, 1.807) is 6.20 Å². The van der Waals surface area contributed by atoms with Crippen LogP contribution in [0.2, 0.25) is 0 Å². The zero-order valence-electron chi connectivity index (χ0n) is 10.4. The van der Waals surface area contributed by atoms with Gasteiger partial charge in [0.05, 0.1) is 15.6 Å². The zero-order valence-corrected chi connectivity index (χ0v) is 13.5. The van der Waals surface area contributed by atoms with Crippen molar-refractivity contribution in [1.82, 2.24) is 4.98 Å². The highest BCUT2D eigenvalue weighted by Crippen LogP contribution is 2.35. The van der Waals surface area contributed by atoms with E-state index >= 15 is 0 Å². The fourth-order valence-corrected chi connectivity index (χ4v) is 3.20. The average molecular weight is 387 g/mol. The fourth-order valence-electron chi connectivity index (χ4n) is 1.69. The lowest BCUT2D eigenvalue weighted by Gasteiger charge is -2.12. The molecule has 1 aromatic heterocycles. The summed E-state index contributed by atoms with van der Waals surface area (Å²) < 4.78 is 7.42. The Labute approximate surface area is 128 Å². The van der Waals surface area contributed by atoms with Gasteiger partial charge in [-0.25, -0.2) is 0 Å². The van der Waals surface area contributed by atoms with E-state index in [4.69, 9.17) is 9.84 Å². The van der Waals surface area contributed by atoms with Crippen LogP contribution in [0.15, 0.2) is 39.5 Å². The van der Waals surface area contributed by atoms with Crippen molar-refractivity contribution in [3.8, 4) is 5.75 Å². The molecule has 100 valence electrons. The minimum absolute atomic E-state index is 0.000714. The number of nitrogens with zero attached hydrogens (tertiary/aromatic N) is 1. The molecule has 1 N–H and O–H groups in total. The zero-order chi connectivity index (χ0) is 13.8. The van der Waals surface area contributed by atoms with Gasteiger partial charge in [-0.15, -0.1) is 0 Å². The van der Waals surface area contributed by atoms with Crippen LogP contribution < -0.4 is 4.74 Å². The van der Waals surface area contributed by atoms with Crippen LogP contribution in [0, 0.1) is 6.92 Å². The molecule has 0 saturated carbocycles. The molecule has 0 spiro atoms. The Morgan fingerprint density at radius 2 is 1.79 bits per heavy atom. The second-order valence-corrected chi connectivity index (χ2v) is 5.91. The highest BCUT2D eigenvalue weighted by atomic mass is 79.9. The predicted molar refractivity (Wildman–Crippen MR) is 81.1 cm³/mol. The fraction of sp³-hybridized carbons (Fsp3) is 0.214. The molecule has 2 aromatic rings. The Kier molecular flexibility index (Phi) is 4.96. The van der Waals surface area contributed by atoms with E-state index in [2.05, 4.69) is 36.8 Å². The lowest BCUT2D eigenvalue weighted by molar-refractivity contribution is 0.280. The summed E-state index contributed by atoms with van der Waals surface area (Å²) >= 11 is 6.89. The van der Waals surface area contributed by atoms with E-state index in [0.29, 0.717) is 6.61 Å². The molecular formula is C14H13Br2NO2. The van der Waals surface area contributed by atoms with Crippen LogP contribution in [0.1, 0.15) is 16.7 Å². The molecule has 3 nitrogen and oxygen atoms in total. The van der Waals surface area contributed by atoms with E-state index in [1.807, 2.05) is 31.3 Å². The van der Waals surface area contributed by atoms with Crippen molar-refractivity contribution in [3.05, 3.63) is 56.2 Å². The molecule has 0 unspecified atom stereocenters. The molecule has 2 rings (SSSR count). The van der Waals surface area contributed by atoms with Crippen molar-refractivity contribution in [3.63, 3.8) is 0 Å². The molecule has 5 heteroatoms. The lowest BCUT2D eigenvalue weighted by Crippen LogP contribution is -1.99. The van der Waals surface area contributed by atoms with Gasteiger partial charge in [0.25, 0.3) is 0 Å². The van der Waals surface area contributed by atoms with E-state index in [0.717, 1.165) is 31.4 Å². The topological polar surface area (TPSA) is 42.4 Å². The van der Waals surface area contributed by atoms with Crippen LogP contribution in [0.4, 0.5) is 0 Å². The van der Waals surface area contributed by atoms with Gasteiger partial charge < -0.3 is 9.84 Å². The van der Waals surface area contributed by atoms with Crippen LogP contribution in [-0.2, 0) is 13.2 Å². The van der Waals surface area contributed by atoms with Crippen LogP contribution in [0.3, 0.4) is 0 Å². The van der Waals surface area contributed by atoms with Gasteiger partial charge in [-0.05, 0) is 68.1 Å². The molecule has 0 saturated heterocycles. The molecule has 0 aliphatic carbocycles. The van der Waals surface area contributed by atoms with Crippen LogP contribution >= 0.6 is 31.9 Å². The van der Waals surface area contributed by atoms with Crippen molar-refractivity contribution in [2.75, 3.05) is 0 Å². The van der Waals surface area contributed by atoms with E-state index < -0.39 is 0 Å². The van der Waals surface area contributed by atoms with E-state index in [1.165, 1.54) is 0 Å². The number of halogens is 2. The largest absolute Gasteiger partial charge is 0.486 e. The van der Waals surface area contributed by atoms with Gasteiger partial charge in [-0.3, -0.25) is 4.98 Å². The number of aromatic nitrogens is 1. The first-order valence-corrected chi connectivity index (χ1v) is 7.31. The predicted octanol–water partition coefficient (Wildman–Crippen LogP) is 3.99. The average Bonchev–Trinajstić information content (AvgIpc) is 2.37. The Hall–Kier alpha value is -0.910. The van der Waals surface area contributed by atoms with Crippen LogP contribution in [0.5, 0.6) is 5.75 Å². The standard InChI is InChI=1S/C14H13Br2NO2/c1-9-2-11(6-17-5-9)8-19-14-12(15)3-10(7-18)4-13(14)16/h2-6,18H,7-8H2,1H3. The van der Waals surface area contributed by atoms with Crippen molar-refractivity contribution in [2.24, 2.45) is 0 Å². The Morgan fingerprint density at radius 1 is 1.11 bits per heavy atom.